The minimum absolute atomic E-state index is 0.0327. The van der Waals surface area contributed by atoms with Gasteiger partial charge in [0.2, 0.25) is 0 Å². The number of rotatable bonds is 1. The van der Waals surface area contributed by atoms with Crippen molar-refractivity contribution in [2.75, 3.05) is 23.5 Å². The van der Waals surface area contributed by atoms with Crippen molar-refractivity contribution in [2.45, 2.75) is 29.6 Å². The average Bonchev–Trinajstić information content (AvgIpc) is 2.41. The van der Waals surface area contributed by atoms with Gasteiger partial charge in [0, 0.05) is 0 Å². The molecule has 8 nitrogen and oxygen atoms in total. The van der Waals surface area contributed by atoms with Gasteiger partial charge in [0.05, 0.1) is 12.6 Å². The maximum Gasteiger partial charge on any atom is 0.277 e. The Kier molecular flexibility index (Phi) is 3.13. The molecule has 0 amide bonds. The van der Waals surface area contributed by atoms with E-state index in [4.69, 9.17) is 4.74 Å². The highest BCUT2D eigenvalue weighted by molar-refractivity contribution is 7.98. The molecule has 1 aromatic rings. The Balaban J connectivity index is 1.98. The Morgan fingerprint density at radius 1 is 1.42 bits per heavy atom. The molecule has 4 atom stereocenters. The van der Waals surface area contributed by atoms with Crippen molar-refractivity contribution in [1.29, 1.82) is 0 Å². The van der Waals surface area contributed by atoms with E-state index in [1.807, 2.05) is 0 Å². The summed E-state index contributed by atoms with van der Waals surface area (Å²) in [5, 5.41) is 25.8. The molecular weight excluding hydrogens is 272 g/mol. The minimum atomic E-state index is -1.01. The number of thioether (sulfide) groups is 1. The Hall–Kier alpha value is -1.29. The van der Waals surface area contributed by atoms with Crippen LogP contribution in [-0.2, 0) is 4.74 Å². The first-order valence-corrected chi connectivity index (χ1v) is 7.01. The number of fused-ring (bicyclic) bond motifs is 2. The van der Waals surface area contributed by atoms with Crippen molar-refractivity contribution in [3.05, 3.63) is 10.4 Å². The van der Waals surface area contributed by atoms with Gasteiger partial charge in [-0.15, -0.1) is 0 Å². The van der Waals surface area contributed by atoms with Gasteiger partial charge in [-0.2, -0.15) is 0 Å². The van der Waals surface area contributed by atoms with Crippen LogP contribution in [0.15, 0.2) is 9.95 Å². The standard InChI is InChI=1S/C10H14N4O4S/c1-19-10-13-7-5(8(17)14-10)11-4-6(16)3(15)2-18-9(4)12-7/h3-4,6,9,11,15-16H,2H2,1H3,(H2,12,13,14,17). The van der Waals surface area contributed by atoms with E-state index in [1.54, 1.807) is 6.26 Å². The number of anilines is 2. The van der Waals surface area contributed by atoms with E-state index in [0.29, 0.717) is 11.0 Å². The van der Waals surface area contributed by atoms with E-state index in [-0.39, 0.29) is 17.9 Å². The fourth-order valence-corrected chi connectivity index (χ4v) is 2.58. The molecule has 0 radical (unpaired) electrons. The first kappa shape index (κ1) is 12.7. The normalized spacial score (nSPS) is 32.8. The van der Waals surface area contributed by atoms with Gasteiger partial charge in [-0.05, 0) is 6.26 Å². The predicted octanol–water partition coefficient (Wildman–Crippen LogP) is -1.22. The van der Waals surface area contributed by atoms with Crippen LogP contribution in [0.25, 0.3) is 0 Å². The molecule has 0 aliphatic carbocycles. The van der Waals surface area contributed by atoms with E-state index in [0.717, 1.165) is 0 Å². The van der Waals surface area contributed by atoms with Gasteiger partial charge in [0.25, 0.3) is 5.56 Å². The van der Waals surface area contributed by atoms with Gasteiger partial charge in [0.1, 0.15) is 17.9 Å². The molecule has 0 bridgehead atoms. The number of aliphatic hydroxyl groups is 2. The summed E-state index contributed by atoms with van der Waals surface area (Å²) in [6.45, 7) is 0.0327. The van der Waals surface area contributed by atoms with E-state index in [1.165, 1.54) is 11.8 Å². The van der Waals surface area contributed by atoms with Crippen LogP contribution in [0.2, 0.25) is 0 Å². The fraction of sp³-hybridized carbons (Fsp3) is 0.600. The third-order valence-corrected chi connectivity index (χ3v) is 3.80. The maximum atomic E-state index is 11.9. The zero-order chi connectivity index (χ0) is 13.6. The van der Waals surface area contributed by atoms with Gasteiger partial charge < -0.3 is 25.6 Å². The van der Waals surface area contributed by atoms with Gasteiger partial charge in [-0.1, -0.05) is 11.8 Å². The van der Waals surface area contributed by atoms with Crippen LogP contribution in [0.5, 0.6) is 0 Å². The third-order valence-electron chi connectivity index (χ3n) is 3.22. The number of nitrogens with one attached hydrogen (secondary N) is 3. The van der Waals surface area contributed by atoms with Crippen LogP contribution in [-0.4, -0.2) is 57.5 Å². The van der Waals surface area contributed by atoms with Crippen LogP contribution < -0.4 is 16.2 Å². The SMILES string of the molecule is CSc1nc2c(c(=O)[nH]1)NC1C(N2)OCC(O)C1O. The molecule has 3 heterocycles. The Morgan fingerprint density at radius 3 is 2.95 bits per heavy atom. The highest BCUT2D eigenvalue weighted by Gasteiger charge is 2.42. The minimum Gasteiger partial charge on any atom is -0.388 e. The van der Waals surface area contributed by atoms with Gasteiger partial charge in [-0.25, -0.2) is 4.98 Å². The van der Waals surface area contributed by atoms with Crippen LogP contribution in [0.4, 0.5) is 11.5 Å². The molecule has 3 rings (SSSR count). The van der Waals surface area contributed by atoms with Crippen molar-refractivity contribution in [3.63, 3.8) is 0 Å². The molecule has 0 aromatic carbocycles. The second-order valence-corrected chi connectivity index (χ2v) is 5.22. The number of aliphatic hydroxyl groups excluding tert-OH is 2. The number of aromatic amines is 1. The summed E-state index contributed by atoms with van der Waals surface area (Å²) in [5.74, 6) is 0.387. The molecule has 104 valence electrons. The lowest BCUT2D eigenvalue weighted by Crippen LogP contribution is -2.61. The van der Waals surface area contributed by atoms with E-state index >= 15 is 0 Å². The van der Waals surface area contributed by atoms with Crippen LogP contribution in [0.3, 0.4) is 0 Å². The number of H-pyrrole nitrogens is 1. The zero-order valence-electron chi connectivity index (χ0n) is 10.1. The lowest BCUT2D eigenvalue weighted by molar-refractivity contribution is -0.121. The van der Waals surface area contributed by atoms with Gasteiger partial charge in [0.15, 0.2) is 17.2 Å². The summed E-state index contributed by atoms with van der Waals surface area (Å²) in [6, 6.07) is -0.598. The summed E-state index contributed by atoms with van der Waals surface area (Å²) < 4.78 is 5.39. The summed E-state index contributed by atoms with van der Waals surface area (Å²) in [7, 11) is 0. The second kappa shape index (κ2) is 4.67. The second-order valence-electron chi connectivity index (χ2n) is 4.43. The lowest BCUT2D eigenvalue weighted by atomic mass is 9.99. The van der Waals surface area contributed by atoms with Crippen molar-refractivity contribution in [2.24, 2.45) is 0 Å². The van der Waals surface area contributed by atoms with Crippen molar-refractivity contribution in [1.82, 2.24) is 9.97 Å². The number of hydrogen-bond donors (Lipinski definition) is 5. The molecule has 0 saturated carbocycles. The quantitative estimate of drug-likeness (QED) is 0.322. The zero-order valence-corrected chi connectivity index (χ0v) is 10.9. The molecule has 1 aromatic heterocycles. The first-order valence-electron chi connectivity index (χ1n) is 5.79. The average molecular weight is 286 g/mol. The summed E-state index contributed by atoms with van der Waals surface area (Å²) in [4.78, 5) is 18.8. The largest absolute Gasteiger partial charge is 0.388 e. The van der Waals surface area contributed by atoms with Crippen molar-refractivity contribution < 1.29 is 14.9 Å². The maximum absolute atomic E-state index is 11.9. The molecule has 1 saturated heterocycles. The summed E-state index contributed by atoms with van der Waals surface area (Å²) in [5.41, 5.74) is -0.0802. The molecule has 0 spiro atoms. The van der Waals surface area contributed by atoms with Crippen LogP contribution in [0.1, 0.15) is 0 Å². The molecule has 4 unspecified atom stereocenters. The lowest BCUT2D eigenvalue weighted by Gasteiger charge is -2.42. The highest BCUT2D eigenvalue weighted by Crippen LogP contribution is 2.29. The first-order chi connectivity index (χ1) is 9.10. The van der Waals surface area contributed by atoms with Crippen LogP contribution >= 0.6 is 11.8 Å². The van der Waals surface area contributed by atoms with Crippen molar-refractivity contribution in [3.8, 4) is 0 Å². The van der Waals surface area contributed by atoms with Crippen LogP contribution in [0, 0.1) is 0 Å². The summed E-state index contributed by atoms with van der Waals surface area (Å²) in [6.07, 6.45) is -0.718. The number of hydrogen-bond acceptors (Lipinski definition) is 8. The molecular formula is C10H14N4O4S. The smallest absolute Gasteiger partial charge is 0.277 e. The predicted molar refractivity (Wildman–Crippen MR) is 69.4 cm³/mol. The number of nitrogens with zero attached hydrogens (tertiary/aromatic N) is 1. The number of ether oxygens (including phenoxy) is 1. The fourth-order valence-electron chi connectivity index (χ4n) is 2.20. The Bertz CT molecular complexity index is 551. The Morgan fingerprint density at radius 2 is 2.21 bits per heavy atom. The molecule has 1 fully saturated rings. The summed E-state index contributed by atoms with van der Waals surface area (Å²) >= 11 is 1.32. The van der Waals surface area contributed by atoms with Gasteiger partial charge in [-0.3, -0.25) is 9.78 Å². The highest BCUT2D eigenvalue weighted by atomic mass is 32.2. The molecule has 5 N–H and O–H groups in total. The van der Waals surface area contributed by atoms with E-state index < -0.39 is 24.5 Å². The van der Waals surface area contributed by atoms with Crippen molar-refractivity contribution >= 4 is 23.3 Å². The molecule has 2 aliphatic heterocycles. The third kappa shape index (κ3) is 2.08. The van der Waals surface area contributed by atoms with Gasteiger partial charge >= 0.3 is 0 Å². The monoisotopic (exact) mass is 286 g/mol. The topological polar surface area (TPSA) is 120 Å². The number of aromatic nitrogens is 2. The molecule has 19 heavy (non-hydrogen) atoms. The van der Waals surface area contributed by atoms with E-state index in [2.05, 4.69) is 20.6 Å². The van der Waals surface area contributed by atoms with E-state index in [9.17, 15) is 15.0 Å². The molecule has 2 aliphatic rings. The Labute approximate surface area is 112 Å². The molecule has 9 heteroatoms.